The number of carbonyl (C=O) groups excluding carboxylic acids is 1. The van der Waals surface area contributed by atoms with Gasteiger partial charge in [-0.3, -0.25) is 4.79 Å². The highest BCUT2D eigenvalue weighted by Crippen LogP contribution is 2.27. The first-order valence-electron chi connectivity index (χ1n) is 4.65. The van der Waals surface area contributed by atoms with Gasteiger partial charge in [-0.15, -0.1) is 0 Å². The Hall–Kier alpha value is -1.05. The van der Waals surface area contributed by atoms with Gasteiger partial charge in [-0.05, 0) is 24.3 Å². The highest BCUT2D eigenvalue weighted by Gasteiger charge is 2.25. The van der Waals surface area contributed by atoms with Gasteiger partial charge in [0.15, 0.2) is 0 Å². The van der Waals surface area contributed by atoms with E-state index in [9.17, 15) is 4.79 Å². The van der Waals surface area contributed by atoms with Gasteiger partial charge in [-0.25, -0.2) is 0 Å². The van der Waals surface area contributed by atoms with Gasteiger partial charge < -0.3 is 4.74 Å². The Morgan fingerprint density at radius 2 is 2.46 bits per heavy atom. The molecule has 0 saturated carbocycles. The zero-order valence-electron chi connectivity index (χ0n) is 8.25. The quantitative estimate of drug-likeness (QED) is 0.610. The van der Waals surface area contributed by atoms with Gasteiger partial charge in [0.25, 0.3) is 0 Å². The van der Waals surface area contributed by atoms with Crippen LogP contribution in [-0.2, 0) is 9.53 Å². The van der Waals surface area contributed by atoms with E-state index in [1.54, 1.807) is 6.08 Å². The molecule has 0 heterocycles. The number of rotatable bonds is 2. The summed E-state index contributed by atoms with van der Waals surface area (Å²) >= 11 is 0. The van der Waals surface area contributed by atoms with Crippen molar-refractivity contribution in [2.24, 2.45) is 5.92 Å². The van der Waals surface area contributed by atoms with Crippen LogP contribution in [-0.4, -0.2) is 12.1 Å². The fraction of sp³-hybridized carbons (Fsp3) is 0.545. The number of hydrogen-bond acceptors (Lipinski definition) is 2. The third-order valence-corrected chi connectivity index (χ3v) is 2.38. The van der Waals surface area contributed by atoms with Crippen molar-refractivity contribution >= 4 is 5.97 Å². The van der Waals surface area contributed by atoms with E-state index >= 15 is 0 Å². The first kappa shape index (κ1) is 10.0. The van der Waals surface area contributed by atoms with E-state index in [4.69, 9.17) is 4.74 Å². The van der Waals surface area contributed by atoms with Gasteiger partial charge in [-0.1, -0.05) is 25.7 Å². The smallest absolute Gasteiger partial charge is 0.303 e. The zero-order chi connectivity index (χ0) is 9.84. The van der Waals surface area contributed by atoms with Crippen molar-refractivity contribution in [3.8, 4) is 0 Å². The van der Waals surface area contributed by atoms with Gasteiger partial charge >= 0.3 is 5.97 Å². The summed E-state index contributed by atoms with van der Waals surface area (Å²) in [7, 11) is 0. The lowest BCUT2D eigenvalue weighted by molar-refractivity contribution is -0.146. The van der Waals surface area contributed by atoms with E-state index in [-0.39, 0.29) is 12.1 Å². The largest absolute Gasteiger partial charge is 0.457 e. The number of allylic oxidation sites excluding steroid dienone is 1. The molecule has 0 spiro atoms. The molecule has 2 nitrogen and oxygen atoms in total. The van der Waals surface area contributed by atoms with E-state index in [0.29, 0.717) is 5.92 Å². The van der Waals surface area contributed by atoms with E-state index in [1.165, 1.54) is 6.92 Å². The predicted octanol–water partition coefficient (Wildman–Crippen LogP) is 2.46. The standard InChI is InChI=1S/C11H16O2/c1-4-10-7-5-6-8(2)11(10)13-9(3)12/h4,7-8,11H,1,5-6H2,2-3H3. The second-order valence-electron chi connectivity index (χ2n) is 3.49. The van der Waals surface area contributed by atoms with E-state index in [0.717, 1.165) is 18.4 Å². The molecule has 0 aromatic rings. The number of carbonyl (C=O) groups is 1. The highest BCUT2D eigenvalue weighted by molar-refractivity contribution is 5.66. The number of ether oxygens (including phenoxy) is 1. The molecule has 0 aromatic carbocycles. The topological polar surface area (TPSA) is 26.3 Å². The predicted molar refractivity (Wildman–Crippen MR) is 52.2 cm³/mol. The fourth-order valence-corrected chi connectivity index (χ4v) is 1.67. The van der Waals surface area contributed by atoms with Crippen molar-refractivity contribution in [3.63, 3.8) is 0 Å². The Morgan fingerprint density at radius 1 is 1.77 bits per heavy atom. The lowest BCUT2D eigenvalue weighted by Crippen LogP contribution is -2.28. The molecule has 0 amide bonds. The summed E-state index contributed by atoms with van der Waals surface area (Å²) in [5.74, 6) is 0.188. The van der Waals surface area contributed by atoms with Crippen molar-refractivity contribution in [1.29, 1.82) is 0 Å². The summed E-state index contributed by atoms with van der Waals surface area (Å²) in [4.78, 5) is 10.8. The van der Waals surface area contributed by atoms with Crippen molar-refractivity contribution in [1.82, 2.24) is 0 Å². The Labute approximate surface area is 79.3 Å². The molecule has 2 atom stereocenters. The van der Waals surface area contributed by atoms with Crippen LogP contribution in [0.2, 0.25) is 0 Å². The molecule has 72 valence electrons. The van der Waals surface area contributed by atoms with Crippen LogP contribution in [0, 0.1) is 5.92 Å². The van der Waals surface area contributed by atoms with E-state index < -0.39 is 0 Å². The van der Waals surface area contributed by atoms with Gasteiger partial charge in [0.1, 0.15) is 6.10 Å². The second kappa shape index (κ2) is 4.26. The van der Waals surface area contributed by atoms with Crippen LogP contribution in [0.3, 0.4) is 0 Å². The fourth-order valence-electron chi connectivity index (χ4n) is 1.67. The van der Waals surface area contributed by atoms with Crippen molar-refractivity contribution < 1.29 is 9.53 Å². The van der Waals surface area contributed by atoms with Crippen molar-refractivity contribution in [2.75, 3.05) is 0 Å². The van der Waals surface area contributed by atoms with Crippen LogP contribution in [0.4, 0.5) is 0 Å². The Balaban J connectivity index is 2.75. The van der Waals surface area contributed by atoms with Crippen molar-refractivity contribution in [3.05, 3.63) is 24.3 Å². The maximum absolute atomic E-state index is 10.8. The second-order valence-corrected chi connectivity index (χ2v) is 3.49. The number of esters is 1. The van der Waals surface area contributed by atoms with E-state index in [2.05, 4.69) is 19.6 Å². The molecule has 0 aromatic heterocycles. The lowest BCUT2D eigenvalue weighted by Gasteiger charge is -2.28. The van der Waals surface area contributed by atoms with Gasteiger partial charge in [0, 0.05) is 6.92 Å². The van der Waals surface area contributed by atoms with Crippen LogP contribution in [0.25, 0.3) is 0 Å². The molecule has 0 N–H and O–H groups in total. The zero-order valence-corrected chi connectivity index (χ0v) is 8.25. The maximum atomic E-state index is 10.8. The van der Waals surface area contributed by atoms with Crippen LogP contribution >= 0.6 is 0 Å². The molecule has 0 aliphatic heterocycles. The SMILES string of the molecule is C=CC1=CCCC(C)C1OC(C)=O. The Bertz CT molecular complexity index is 240. The molecular formula is C11H16O2. The summed E-state index contributed by atoms with van der Waals surface area (Å²) < 4.78 is 5.23. The van der Waals surface area contributed by atoms with Crippen LogP contribution in [0.5, 0.6) is 0 Å². The first-order chi connectivity index (χ1) is 6.15. The third-order valence-electron chi connectivity index (χ3n) is 2.38. The molecule has 0 radical (unpaired) electrons. The normalized spacial score (nSPS) is 27.7. The first-order valence-corrected chi connectivity index (χ1v) is 4.65. The van der Waals surface area contributed by atoms with Crippen LogP contribution in [0.15, 0.2) is 24.3 Å². The molecule has 1 aliphatic carbocycles. The molecule has 1 aliphatic rings. The molecule has 1 rings (SSSR count). The third kappa shape index (κ3) is 2.44. The molecule has 2 unspecified atom stereocenters. The Morgan fingerprint density at radius 3 is 3.00 bits per heavy atom. The lowest BCUT2D eigenvalue weighted by atomic mass is 9.87. The summed E-state index contributed by atoms with van der Waals surface area (Å²) in [6.45, 7) is 7.26. The van der Waals surface area contributed by atoms with Crippen LogP contribution in [0.1, 0.15) is 26.7 Å². The monoisotopic (exact) mass is 180 g/mol. The molecule has 0 bridgehead atoms. The van der Waals surface area contributed by atoms with Crippen LogP contribution < -0.4 is 0 Å². The average molecular weight is 180 g/mol. The molecule has 0 saturated heterocycles. The molecule has 2 heteroatoms. The highest BCUT2D eigenvalue weighted by atomic mass is 16.5. The number of hydrogen-bond donors (Lipinski definition) is 0. The van der Waals surface area contributed by atoms with Gasteiger partial charge in [0.05, 0.1) is 0 Å². The maximum Gasteiger partial charge on any atom is 0.303 e. The minimum absolute atomic E-state index is 0.0799. The average Bonchev–Trinajstić information content (AvgIpc) is 2.08. The van der Waals surface area contributed by atoms with Gasteiger partial charge in [0.2, 0.25) is 0 Å². The summed E-state index contributed by atoms with van der Waals surface area (Å²) in [6, 6.07) is 0. The summed E-state index contributed by atoms with van der Waals surface area (Å²) in [6.07, 6.45) is 5.93. The minimum Gasteiger partial charge on any atom is -0.457 e. The molecular weight excluding hydrogens is 164 g/mol. The summed E-state index contributed by atoms with van der Waals surface area (Å²) in [5.41, 5.74) is 1.05. The molecule has 0 fully saturated rings. The minimum atomic E-state index is -0.216. The van der Waals surface area contributed by atoms with E-state index in [1.807, 2.05) is 0 Å². The Kier molecular flexibility index (Phi) is 3.29. The van der Waals surface area contributed by atoms with Crippen molar-refractivity contribution in [2.45, 2.75) is 32.8 Å². The summed E-state index contributed by atoms with van der Waals surface area (Å²) in [5, 5.41) is 0. The van der Waals surface area contributed by atoms with Gasteiger partial charge in [-0.2, -0.15) is 0 Å². The molecule has 13 heavy (non-hydrogen) atoms.